The normalized spacial score (nSPS) is 11.3. The molecule has 0 atom stereocenters. The molecule has 0 unspecified atom stereocenters. The zero-order chi connectivity index (χ0) is 21.3. The minimum absolute atomic E-state index is 0. The molecule has 5 rings (SSSR count). The molecular formula is C25H22IrN3O2-. The molecule has 1 radical (unpaired) electrons. The summed E-state index contributed by atoms with van der Waals surface area (Å²) in [5.74, 6) is 0.854. The van der Waals surface area contributed by atoms with E-state index >= 15 is 0 Å². The van der Waals surface area contributed by atoms with Gasteiger partial charge in [0, 0.05) is 38.7 Å². The second-order valence-electron chi connectivity index (χ2n) is 7.14. The summed E-state index contributed by atoms with van der Waals surface area (Å²) in [5, 5.41) is 10.8. The Bertz CT molecular complexity index is 1360. The molecular weight excluding hydrogens is 567 g/mol. The van der Waals surface area contributed by atoms with Crippen LogP contribution < -0.4 is 0 Å². The van der Waals surface area contributed by atoms with Gasteiger partial charge in [-0.3, -0.25) is 4.79 Å². The molecule has 1 N–H and O–H groups in total. The number of fused-ring (bicyclic) bond motifs is 4. The van der Waals surface area contributed by atoms with Gasteiger partial charge in [0.15, 0.2) is 5.78 Å². The van der Waals surface area contributed by atoms with Crippen molar-refractivity contribution in [2.45, 2.75) is 13.8 Å². The number of aliphatic hydroxyl groups is 1. The first-order chi connectivity index (χ1) is 14.5. The third-order valence-corrected chi connectivity index (χ3v) is 4.87. The third kappa shape index (κ3) is 4.31. The minimum Gasteiger partial charge on any atom is -0.512 e. The summed E-state index contributed by atoms with van der Waals surface area (Å²) in [4.78, 5) is 14.9. The molecule has 0 aliphatic rings. The van der Waals surface area contributed by atoms with Gasteiger partial charge in [0.05, 0.1) is 16.8 Å². The number of carbonyl (C=O) groups excluding carboxylic acids is 1. The van der Waals surface area contributed by atoms with Crippen LogP contribution in [0.25, 0.3) is 38.8 Å². The average molecular weight is 589 g/mol. The smallest absolute Gasteiger partial charge is 0.213 e. The third-order valence-electron chi connectivity index (χ3n) is 4.87. The van der Waals surface area contributed by atoms with Crippen LogP contribution in [0, 0.1) is 6.07 Å². The van der Waals surface area contributed by atoms with Gasteiger partial charge in [0.1, 0.15) is 0 Å². The van der Waals surface area contributed by atoms with Crippen LogP contribution in [0.4, 0.5) is 0 Å². The largest absolute Gasteiger partial charge is 0.512 e. The van der Waals surface area contributed by atoms with Crippen molar-refractivity contribution in [2.24, 2.45) is 7.05 Å². The molecule has 3 aromatic carbocycles. The number of rotatable bonds is 2. The number of allylic oxidation sites excluding steroid dienone is 2. The van der Waals surface area contributed by atoms with Gasteiger partial charge in [-0.25, -0.2) is 4.98 Å². The Kier molecular flexibility index (Phi) is 6.74. The Morgan fingerprint density at radius 2 is 1.61 bits per heavy atom. The van der Waals surface area contributed by atoms with Crippen molar-refractivity contribution in [1.82, 2.24) is 14.1 Å². The first-order valence-electron chi connectivity index (χ1n) is 9.67. The molecule has 0 bridgehead atoms. The number of aliphatic hydroxyl groups excluding tert-OH is 1. The molecule has 0 fully saturated rings. The van der Waals surface area contributed by atoms with Gasteiger partial charge in [-0.1, -0.05) is 35.8 Å². The molecule has 2 aromatic heterocycles. The molecule has 0 aliphatic carbocycles. The molecule has 31 heavy (non-hydrogen) atoms. The standard InChI is InChI=1S/C20H14N3.C5H8O2.Ir/c1-22-19-13-7-4-10-16(19)21-20(22)23-17-11-5-2-8-14(17)15-9-3-6-12-18(15)23;1-4(6)3-5(2)7;/h2-11,13H,1H3;3,6H,1-2H3;/q-1;;/b;4-3-;. The Morgan fingerprint density at radius 1 is 0.968 bits per heavy atom. The number of nitrogens with zero attached hydrogens (tertiary/aromatic N) is 3. The molecule has 159 valence electrons. The second kappa shape index (κ2) is 9.29. The van der Waals surface area contributed by atoms with Gasteiger partial charge < -0.3 is 14.2 Å². The zero-order valence-corrected chi connectivity index (χ0v) is 19.9. The summed E-state index contributed by atoms with van der Waals surface area (Å²) >= 11 is 0. The number of imidazole rings is 1. The summed E-state index contributed by atoms with van der Waals surface area (Å²) in [5.41, 5.74) is 4.35. The van der Waals surface area contributed by atoms with Crippen LogP contribution >= 0.6 is 0 Å². The number of para-hydroxylation sites is 4. The van der Waals surface area contributed by atoms with Crippen LogP contribution in [-0.4, -0.2) is 25.0 Å². The SMILES string of the molecule is CC(=O)/C=C(/C)O.Cn1c(-n2c3[c-]cccc3c3ccccc32)nc2ccccc21.[Ir]. The molecule has 0 saturated carbocycles. The number of benzene rings is 3. The maximum Gasteiger partial charge on any atom is 0.213 e. The van der Waals surface area contributed by atoms with E-state index in [0.29, 0.717) is 0 Å². The van der Waals surface area contributed by atoms with Crippen LogP contribution in [-0.2, 0) is 31.9 Å². The Hall–Kier alpha value is -3.21. The predicted molar refractivity (Wildman–Crippen MR) is 121 cm³/mol. The van der Waals surface area contributed by atoms with Crippen molar-refractivity contribution >= 4 is 38.6 Å². The summed E-state index contributed by atoms with van der Waals surface area (Å²) in [6.45, 7) is 2.85. The molecule has 0 spiro atoms. The quantitative estimate of drug-likeness (QED) is 0.168. The molecule has 5 aromatic rings. The fourth-order valence-corrected chi connectivity index (χ4v) is 3.68. The maximum atomic E-state index is 10.0. The van der Waals surface area contributed by atoms with Crippen molar-refractivity contribution in [3.05, 3.63) is 84.6 Å². The average Bonchev–Trinajstić information content (AvgIpc) is 3.22. The number of ketones is 1. The maximum absolute atomic E-state index is 10.0. The fraction of sp³-hybridized carbons (Fsp3) is 0.120. The van der Waals surface area contributed by atoms with Gasteiger partial charge >= 0.3 is 0 Å². The summed E-state index contributed by atoms with van der Waals surface area (Å²) < 4.78 is 4.34. The Morgan fingerprint density at radius 3 is 2.26 bits per heavy atom. The number of hydrogen-bond donors (Lipinski definition) is 1. The van der Waals surface area contributed by atoms with Gasteiger partial charge in [-0.2, -0.15) is 24.3 Å². The molecule has 2 heterocycles. The molecule has 0 amide bonds. The van der Waals surface area contributed by atoms with Crippen LogP contribution in [0.5, 0.6) is 0 Å². The van der Waals surface area contributed by atoms with E-state index < -0.39 is 0 Å². The molecule has 0 saturated heterocycles. The van der Waals surface area contributed by atoms with E-state index in [9.17, 15) is 4.79 Å². The van der Waals surface area contributed by atoms with Gasteiger partial charge in [0.2, 0.25) is 5.95 Å². The van der Waals surface area contributed by atoms with Crippen molar-refractivity contribution in [3.8, 4) is 5.95 Å². The van der Waals surface area contributed by atoms with Crippen LogP contribution in [0.1, 0.15) is 13.8 Å². The Labute approximate surface area is 194 Å². The predicted octanol–water partition coefficient (Wildman–Crippen LogP) is 5.51. The molecule has 5 nitrogen and oxygen atoms in total. The first-order valence-corrected chi connectivity index (χ1v) is 9.67. The summed E-state index contributed by atoms with van der Waals surface area (Å²) in [7, 11) is 2.06. The number of carbonyl (C=O) groups is 1. The van der Waals surface area contributed by atoms with E-state index in [2.05, 4.69) is 64.7 Å². The summed E-state index contributed by atoms with van der Waals surface area (Å²) in [6.07, 6.45) is 1.17. The van der Waals surface area contributed by atoms with Crippen molar-refractivity contribution in [3.63, 3.8) is 0 Å². The van der Waals surface area contributed by atoms with Crippen LogP contribution in [0.15, 0.2) is 78.6 Å². The fourth-order valence-electron chi connectivity index (χ4n) is 3.68. The number of aryl methyl sites for hydroxylation is 1. The topological polar surface area (TPSA) is 60.0 Å². The monoisotopic (exact) mass is 589 g/mol. The van der Waals surface area contributed by atoms with E-state index in [1.54, 1.807) is 0 Å². The molecule has 6 heteroatoms. The van der Waals surface area contributed by atoms with E-state index in [0.717, 1.165) is 28.0 Å². The van der Waals surface area contributed by atoms with E-state index in [-0.39, 0.29) is 31.6 Å². The zero-order valence-electron chi connectivity index (χ0n) is 17.5. The van der Waals surface area contributed by atoms with Crippen molar-refractivity contribution < 1.29 is 30.0 Å². The van der Waals surface area contributed by atoms with E-state index in [4.69, 9.17) is 10.1 Å². The van der Waals surface area contributed by atoms with Crippen molar-refractivity contribution in [2.75, 3.05) is 0 Å². The van der Waals surface area contributed by atoms with Crippen LogP contribution in [0.2, 0.25) is 0 Å². The van der Waals surface area contributed by atoms with Crippen molar-refractivity contribution in [1.29, 1.82) is 0 Å². The Balaban J connectivity index is 0.000000299. The minimum atomic E-state index is -0.125. The number of hydrogen-bond acceptors (Lipinski definition) is 3. The van der Waals surface area contributed by atoms with Crippen LogP contribution in [0.3, 0.4) is 0 Å². The molecule has 0 aliphatic heterocycles. The van der Waals surface area contributed by atoms with Gasteiger partial charge in [-0.05, 0) is 37.4 Å². The second-order valence-corrected chi connectivity index (χ2v) is 7.14. The van der Waals surface area contributed by atoms with Gasteiger partial charge in [0.25, 0.3) is 0 Å². The van der Waals surface area contributed by atoms with E-state index in [1.165, 1.54) is 30.7 Å². The number of aromatic nitrogens is 3. The summed E-state index contributed by atoms with van der Waals surface area (Å²) in [6, 6.07) is 26.2. The first kappa shape index (κ1) is 22.5. The van der Waals surface area contributed by atoms with Gasteiger partial charge in [-0.15, -0.1) is 5.39 Å². The van der Waals surface area contributed by atoms with E-state index in [1.807, 2.05) is 24.3 Å².